The molecule has 0 unspecified atom stereocenters. The van der Waals surface area contributed by atoms with E-state index in [2.05, 4.69) is 15.9 Å². The fourth-order valence-corrected chi connectivity index (χ4v) is 2.74. The third-order valence-corrected chi connectivity index (χ3v) is 3.62. The Kier molecular flexibility index (Phi) is 5.21. The van der Waals surface area contributed by atoms with E-state index in [9.17, 15) is 4.79 Å². The van der Waals surface area contributed by atoms with Gasteiger partial charge in [-0.05, 0) is 60.9 Å². The minimum atomic E-state index is -0.404. The average molecular weight is 366 g/mol. The van der Waals surface area contributed by atoms with Crippen LogP contribution in [0.3, 0.4) is 0 Å². The maximum absolute atomic E-state index is 11.9. The highest BCUT2D eigenvalue weighted by atomic mass is 79.9. The van der Waals surface area contributed by atoms with E-state index in [0.29, 0.717) is 10.8 Å². The summed E-state index contributed by atoms with van der Waals surface area (Å²) in [6.45, 7) is 3.81. The molecule has 4 heteroatoms. The van der Waals surface area contributed by atoms with E-state index in [1.165, 1.54) is 6.08 Å². The minimum absolute atomic E-state index is 0.404. The van der Waals surface area contributed by atoms with Crippen molar-refractivity contribution in [1.29, 1.82) is 0 Å². The molecule has 108 valence electrons. The molecule has 0 saturated heterocycles. The van der Waals surface area contributed by atoms with Crippen molar-refractivity contribution in [3.63, 3.8) is 0 Å². The summed E-state index contributed by atoms with van der Waals surface area (Å²) in [5, 5.41) is 0.663. The fourth-order valence-electron chi connectivity index (χ4n) is 1.93. The first-order valence-corrected chi connectivity index (χ1v) is 7.55. The number of esters is 1. The molecule has 0 atom stereocenters. The molecule has 0 fully saturated rings. The van der Waals surface area contributed by atoms with Crippen molar-refractivity contribution in [2.75, 3.05) is 0 Å². The molecule has 21 heavy (non-hydrogen) atoms. The van der Waals surface area contributed by atoms with Crippen LogP contribution in [0.5, 0.6) is 5.75 Å². The van der Waals surface area contributed by atoms with Crippen LogP contribution in [0.1, 0.15) is 16.7 Å². The second-order valence-electron chi connectivity index (χ2n) is 4.67. The number of carbonyl (C=O) groups excluding carboxylic acids is 1. The SMILES string of the molecule is Cc1cc(Br)cc(C)c1OC(=O)/C=C/c1ccc(Cl)cc1. The molecule has 2 aromatic carbocycles. The van der Waals surface area contributed by atoms with Gasteiger partial charge in [-0.3, -0.25) is 0 Å². The highest BCUT2D eigenvalue weighted by Crippen LogP contribution is 2.27. The van der Waals surface area contributed by atoms with E-state index in [-0.39, 0.29) is 0 Å². The van der Waals surface area contributed by atoms with Gasteiger partial charge in [-0.2, -0.15) is 0 Å². The van der Waals surface area contributed by atoms with E-state index in [4.69, 9.17) is 16.3 Å². The molecule has 0 bridgehead atoms. The van der Waals surface area contributed by atoms with Crippen LogP contribution in [0.25, 0.3) is 6.08 Å². The zero-order chi connectivity index (χ0) is 15.4. The Morgan fingerprint density at radius 2 is 1.71 bits per heavy atom. The Morgan fingerprint density at radius 3 is 2.29 bits per heavy atom. The third kappa shape index (κ3) is 4.45. The van der Waals surface area contributed by atoms with Crippen molar-refractivity contribution in [3.8, 4) is 5.75 Å². The van der Waals surface area contributed by atoms with E-state index in [1.54, 1.807) is 18.2 Å². The van der Waals surface area contributed by atoms with Gasteiger partial charge in [-0.15, -0.1) is 0 Å². The van der Waals surface area contributed by atoms with Gasteiger partial charge in [0.2, 0.25) is 0 Å². The molecule has 0 saturated carbocycles. The zero-order valence-corrected chi connectivity index (χ0v) is 14.0. The largest absolute Gasteiger partial charge is 0.423 e. The highest BCUT2D eigenvalue weighted by Gasteiger charge is 2.08. The molecule has 2 nitrogen and oxygen atoms in total. The van der Waals surface area contributed by atoms with Gasteiger partial charge in [0.1, 0.15) is 5.75 Å². The lowest BCUT2D eigenvalue weighted by molar-refractivity contribution is -0.129. The van der Waals surface area contributed by atoms with Gasteiger partial charge in [0.15, 0.2) is 0 Å². The molecular formula is C17H14BrClO2. The number of ether oxygens (including phenoxy) is 1. The molecule has 0 aliphatic carbocycles. The van der Waals surface area contributed by atoms with Crippen molar-refractivity contribution in [2.24, 2.45) is 0 Å². The maximum Gasteiger partial charge on any atom is 0.336 e. The predicted octanol–water partition coefficient (Wildman–Crippen LogP) is 5.34. The summed E-state index contributed by atoms with van der Waals surface area (Å²) >= 11 is 9.22. The summed E-state index contributed by atoms with van der Waals surface area (Å²) in [5.41, 5.74) is 2.71. The van der Waals surface area contributed by atoms with Crippen molar-refractivity contribution >= 4 is 39.6 Å². The Balaban J connectivity index is 2.10. The third-order valence-electron chi connectivity index (χ3n) is 2.91. The molecule has 0 aliphatic rings. The van der Waals surface area contributed by atoms with Crippen molar-refractivity contribution < 1.29 is 9.53 Å². The summed E-state index contributed by atoms with van der Waals surface area (Å²) in [6.07, 6.45) is 3.10. The minimum Gasteiger partial charge on any atom is -0.423 e. The monoisotopic (exact) mass is 364 g/mol. The van der Waals surface area contributed by atoms with Crippen molar-refractivity contribution in [2.45, 2.75) is 13.8 Å². The number of hydrogen-bond acceptors (Lipinski definition) is 2. The molecule has 2 rings (SSSR count). The molecule has 2 aromatic rings. The van der Waals surface area contributed by atoms with Crippen LogP contribution in [0, 0.1) is 13.8 Å². The van der Waals surface area contributed by atoms with Gasteiger partial charge >= 0.3 is 5.97 Å². The molecular weight excluding hydrogens is 352 g/mol. The standard InChI is InChI=1S/C17H14BrClO2/c1-11-9-14(18)10-12(2)17(11)21-16(20)8-5-13-3-6-15(19)7-4-13/h3-10H,1-2H3/b8-5+. The Hall–Kier alpha value is -1.58. The lowest BCUT2D eigenvalue weighted by Gasteiger charge is -2.09. The first-order chi connectivity index (χ1) is 9.95. The number of benzene rings is 2. The summed E-state index contributed by atoms with van der Waals surface area (Å²) in [6, 6.07) is 11.0. The Labute approximate surface area is 137 Å². The highest BCUT2D eigenvalue weighted by molar-refractivity contribution is 9.10. The Morgan fingerprint density at radius 1 is 1.14 bits per heavy atom. The van der Waals surface area contributed by atoms with Crippen LogP contribution in [0.2, 0.25) is 5.02 Å². The molecule has 0 aliphatic heterocycles. The van der Waals surface area contributed by atoms with E-state index in [1.807, 2.05) is 38.1 Å². The quantitative estimate of drug-likeness (QED) is 0.417. The smallest absolute Gasteiger partial charge is 0.336 e. The van der Waals surface area contributed by atoms with E-state index < -0.39 is 5.97 Å². The number of hydrogen-bond donors (Lipinski definition) is 0. The molecule has 0 spiro atoms. The van der Waals surface area contributed by atoms with Gasteiger partial charge in [-0.1, -0.05) is 39.7 Å². The molecule has 0 N–H and O–H groups in total. The maximum atomic E-state index is 11.9. The number of carbonyl (C=O) groups is 1. The van der Waals surface area contributed by atoms with Crippen LogP contribution in [-0.4, -0.2) is 5.97 Å². The zero-order valence-electron chi connectivity index (χ0n) is 11.7. The van der Waals surface area contributed by atoms with Gasteiger partial charge in [0.25, 0.3) is 0 Å². The first-order valence-electron chi connectivity index (χ1n) is 6.38. The second kappa shape index (κ2) is 6.92. The van der Waals surface area contributed by atoms with Gasteiger partial charge in [-0.25, -0.2) is 4.79 Å². The van der Waals surface area contributed by atoms with Crippen LogP contribution in [0.4, 0.5) is 0 Å². The van der Waals surface area contributed by atoms with Crippen LogP contribution < -0.4 is 4.74 Å². The van der Waals surface area contributed by atoms with Crippen LogP contribution in [0.15, 0.2) is 46.9 Å². The van der Waals surface area contributed by atoms with Crippen molar-refractivity contribution in [3.05, 3.63) is 68.7 Å². The molecule has 0 amide bonds. The van der Waals surface area contributed by atoms with Gasteiger partial charge < -0.3 is 4.74 Å². The summed E-state index contributed by atoms with van der Waals surface area (Å²) in [7, 11) is 0. The summed E-state index contributed by atoms with van der Waals surface area (Å²) < 4.78 is 6.37. The molecule has 0 heterocycles. The van der Waals surface area contributed by atoms with E-state index >= 15 is 0 Å². The van der Waals surface area contributed by atoms with Gasteiger partial charge in [0.05, 0.1) is 0 Å². The van der Waals surface area contributed by atoms with Crippen LogP contribution >= 0.6 is 27.5 Å². The number of aryl methyl sites for hydroxylation is 2. The predicted molar refractivity (Wildman–Crippen MR) is 89.7 cm³/mol. The lowest BCUT2D eigenvalue weighted by atomic mass is 10.1. The summed E-state index contributed by atoms with van der Waals surface area (Å²) in [5.74, 6) is 0.197. The first kappa shape index (κ1) is 15.8. The molecule has 0 radical (unpaired) electrons. The Bertz CT molecular complexity index is 667. The van der Waals surface area contributed by atoms with Crippen molar-refractivity contribution in [1.82, 2.24) is 0 Å². The summed E-state index contributed by atoms with van der Waals surface area (Å²) in [4.78, 5) is 11.9. The van der Waals surface area contributed by atoms with E-state index in [0.717, 1.165) is 21.2 Å². The van der Waals surface area contributed by atoms with Gasteiger partial charge in [0, 0.05) is 15.6 Å². The second-order valence-corrected chi connectivity index (χ2v) is 6.03. The normalized spacial score (nSPS) is 10.9. The number of halogens is 2. The average Bonchev–Trinajstić information content (AvgIpc) is 2.42. The lowest BCUT2D eigenvalue weighted by Crippen LogP contribution is -2.06. The number of rotatable bonds is 3. The fraction of sp³-hybridized carbons (Fsp3) is 0.118. The topological polar surface area (TPSA) is 26.3 Å². The molecule has 0 aromatic heterocycles. The van der Waals surface area contributed by atoms with Crippen LogP contribution in [-0.2, 0) is 4.79 Å².